The standard InChI is InChI=1S/C14H16O2/c1-11(14-15-10-12(2)16-14)8-9-13-6-4-3-5-7-13/h3-7,14H,1-2,8-10H2. The van der Waals surface area contributed by atoms with Gasteiger partial charge in [0.15, 0.2) is 0 Å². The molecule has 1 fully saturated rings. The third-order valence-corrected chi connectivity index (χ3v) is 2.58. The van der Waals surface area contributed by atoms with E-state index in [0.29, 0.717) is 12.4 Å². The van der Waals surface area contributed by atoms with Crippen molar-refractivity contribution in [2.45, 2.75) is 19.1 Å². The van der Waals surface area contributed by atoms with E-state index >= 15 is 0 Å². The average Bonchev–Trinajstić information content (AvgIpc) is 2.74. The molecule has 0 N–H and O–H groups in total. The van der Waals surface area contributed by atoms with Crippen molar-refractivity contribution >= 4 is 0 Å². The van der Waals surface area contributed by atoms with Crippen LogP contribution in [0, 0.1) is 0 Å². The highest BCUT2D eigenvalue weighted by Gasteiger charge is 2.22. The van der Waals surface area contributed by atoms with E-state index in [9.17, 15) is 0 Å². The van der Waals surface area contributed by atoms with Crippen molar-refractivity contribution in [3.63, 3.8) is 0 Å². The van der Waals surface area contributed by atoms with Crippen LogP contribution < -0.4 is 0 Å². The molecule has 1 saturated heterocycles. The van der Waals surface area contributed by atoms with Crippen LogP contribution in [-0.2, 0) is 15.9 Å². The van der Waals surface area contributed by atoms with E-state index in [0.717, 1.165) is 18.4 Å². The Labute approximate surface area is 96.2 Å². The monoisotopic (exact) mass is 216 g/mol. The maximum absolute atomic E-state index is 5.40. The fourth-order valence-corrected chi connectivity index (χ4v) is 1.66. The van der Waals surface area contributed by atoms with Crippen LogP contribution in [-0.4, -0.2) is 12.9 Å². The molecule has 1 aromatic rings. The second-order valence-corrected chi connectivity index (χ2v) is 3.94. The minimum atomic E-state index is -0.295. The summed E-state index contributed by atoms with van der Waals surface area (Å²) in [4.78, 5) is 0. The summed E-state index contributed by atoms with van der Waals surface area (Å²) in [7, 11) is 0. The zero-order valence-corrected chi connectivity index (χ0v) is 9.32. The van der Waals surface area contributed by atoms with Crippen molar-refractivity contribution in [2.75, 3.05) is 6.61 Å². The molecule has 1 unspecified atom stereocenters. The topological polar surface area (TPSA) is 18.5 Å². The fourth-order valence-electron chi connectivity index (χ4n) is 1.66. The van der Waals surface area contributed by atoms with Crippen LogP contribution in [0.4, 0.5) is 0 Å². The summed E-state index contributed by atoms with van der Waals surface area (Å²) < 4.78 is 10.8. The van der Waals surface area contributed by atoms with E-state index in [1.807, 2.05) is 18.2 Å². The zero-order chi connectivity index (χ0) is 11.4. The summed E-state index contributed by atoms with van der Waals surface area (Å²) in [5, 5.41) is 0. The highest BCUT2D eigenvalue weighted by Crippen LogP contribution is 2.22. The molecule has 0 spiro atoms. The van der Waals surface area contributed by atoms with Gasteiger partial charge in [-0.25, -0.2) is 0 Å². The van der Waals surface area contributed by atoms with E-state index in [4.69, 9.17) is 9.47 Å². The number of benzene rings is 1. The normalized spacial score (nSPS) is 19.5. The Balaban J connectivity index is 1.82. The number of hydrogen-bond acceptors (Lipinski definition) is 2. The van der Waals surface area contributed by atoms with Gasteiger partial charge in [0, 0.05) is 0 Å². The lowest BCUT2D eigenvalue weighted by atomic mass is 10.1. The summed E-state index contributed by atoms with van der Waals surface area (Å²) in [6, 6.07) is 10.3. The molecule has 84 valence electrons. The van der Waals surface area contributed by atoms with Crippen molar-refractivity contribution in [1.29, 1.82) is 0 Å². The Morgan fingerprint density at radius 2 is 2.06 bits per heavy atom. The van der Waals surface area contributed by atoms with Crippen LogP contribution in [0.25, 0.3) is 0 Å². The Bertz CT molecular complexity index is 381. The number of rotatable bonds is 4. The lowest BCUT2D eigenvalue weighted by Gasteiger charge is -2.12. The molecule has 0 saturated carbocycles. The lowest BCUT2D eigenvalue weighted by molar-refractivity contribution is -0.00272. The van der Waals surface area contributed by atoms with Gasteiger partial charge < -0.3 is 9.47 Å². The second kappa shape index (κ2) is 4.99. The first kappa shape index (κ1) is 11.0. The van der Waals surface area contributed by atoms with Crippen LogP contribution in [0.1, 0.15) is 12.0 Å². The predicted molar refractivity (Wildman–Crippen MR) is 63.9 cm³/mol. The Hall–Kier alpha value is -1.54. The molecule has 0 amide bonds. The second-order valence-electron chi connectivity index (χ2n) is 3.94. The minimum Gasteiger partial charge on any atom is -0.463 e. The molecule has 1 atom stereocenters. The van der Waals surface area contributed by atoms with Gasteiger partial charge in [-0.15, -0.1) is 0 Å². The molecule has 2 rings (SSSR count). The number of aryl methyl sites for hydroxylation is 1. The van der Waals surface area contributed by atoms with Gasteiger partial charge in [-0.1, -0.05) is 43.5 Å². The van der Waals surface area contributed by atoms with Gasteiger partial charge in [0.25, 0.3) is 0 Å². The quantitative estimate of drug-likeness (QED) is 0.720. The van der Waals surface area contributed by atoms with Gasteiger partial charge in [0.05, 0.1) is 0 Å². The number of hydrogen-bond donors (Lipinski definition) is 0. The molecule has 0 aromatic heterocycles. The van der Waals surface area contributed by atoms with E-state index in [-0.39, 0.29) is 6.29 Å². The molecule has 2 heteroatoms. The Morgan fingerprint density at radius 1 is 1.31 bits per heavy atom. The van der Waals surface area contributed by atoms with E-state index in [1.165, 1.54) is 5.56 Å². The van der Waals surface area contributed by atoms with Gasteiger partial charge in [0.1, 0.15) is 12.4 Å². The Kier molecular flexibility index (Phi) is 3.42. The number of ether oxygens (including phenoxy) is 2. The van der Waals surface area contributed by atoms with E-state index in [1.54, 1.807) is 0 Å². The highest BCUT2D eigenvalue weighted by atomic mass is 16.7. The molecule has 1 aliphatic rings. The molecule has 1 aromatic carbocycles. The summed E-state index contributed by atoms with van der Waals surface area (Å²) in [5.74, 6) is 0.686. The smallest absolute Gasteiger partial charge is 0.222 e. The molecule has 0 radical (unpaired) electrons. The first-order valence-electron chi connectivity index (χ1n) is 5.43. The van der Waals surface area contributed by atoms with Gasteiger partial charge in [0.2, 0.25) is 6.29 Å². The van der Waals surface area contributed by atoms with Crippen LogP contribution >= 0.6 is 0 Å². The molecular formula is C14H16O2. The van der Waals surface area contributed by atoms with Crippen molar-refractivity contribution in [2.24, 2.45) is 0 Å². The van der Waals surface area contributed by atoms with Crippen molar-refractivity contribution in [1.82, 2.24) is 0 Å². The van der Waals surface area contributed by atoms with Crippen LogP contribution in [0.2, 0.25) is 0 Å². The van der Waals surface area contributed by atoms with Crippen LogP contribution in [0.3, 0.4) is 0 Å². The third-order valence-electron chi connectivity index (χ3n) is 2.58. The van der Waals surface area contributed by atoms with Gasteiger partial charge >= 0.3 is 0 Å². The van der Waals surface area contributed by atoms with Gasteiger partial charge in [-0.3, -0.25) is 0 Å². The van der Waals surface area contributed by atoms with Crippen molar-refractivity contribution < 1.29 is 9.47 Å². The molecule has 0 aliphatic carbocycles. The summed E-state index contributed by atoms with van der Waals surface area (Å²) in [5.41, 5.74) is 2.28. The fraction of sp³-hybridized carbons (Fsp3) is 0.286. The lowest BCUT2D eigenvalue weighted by Crippen LogP contribution is -2.10. The van der Waals surface area contributed by atoms with E-state index < -0.39 is 0 Å². The Morgan fingerprint density at radius 3 is 2.69 bits per heavy atom. The largest absolute Gasteiger partial charge is 0.463 e. The highest BCUT2D eigenvalue weighted by molar-refractivity contribution is 5.17. The molecular weight excluding hydrogens is 200 g/mol. The van der Waals surface area contributed by atoms with E-state index in [2.05, 4.69) is 25.3 Å². The van der Waals surface area contributed by atoms with Crippen molar-refractivity contribution in [3.05, 3.63) is 60.4 Å². The maximum Gasteiger partial charge on any atom is 0.222 e. The molecule has 1 heterocycles. The first-order valence-corrected chi connectivity index (χ1v) is 5.43. The molecule has 16 heavy (non-hydrogen) atoms. The van der Waals surface area contributed by atoms with Gasteiger partial charge in [-0.2, -0.15) is 0 Å². The molecule has 0 bridgehead atoms. The first-order chi connectivity index (χ1) is 7.75. The van der Waals surface area contributed by atoms with Crippen LogP contribution in [0.5, 0.6) is 0 Å². The maximum atomic E-state index is 5.40. The summed E-state index contributed by atoms with van der Waals surface area (Å²) >= 11 is 0. The molecule has 2 nitrogen and oxygen atoms in total. The van der Waals surface area contributed by atoms with Crippen molar-refractivity contribution in [3.8, 4) is 0 Å². The summed E-state index contributed by atoms with van der Waals surface area (Å²) in [6.45, 7) is 8.19. The third kappa shape index (κ3) is 2.74. The SMILES string of the molecule is C=C1COC(C(=C)CCc2ccccc2)O1. The van der Waals surface area contributed by atoms with Crippen LogP contribution in [0.15, 0.2) is 54.8 Å². The molecule has 1 aliphatic heterocycles. The predicted octanol–water partition coefficient (Wildman–Crippen LogP) is 3.06. The minimum absolute atomic E-state index is 0.295. The zero-order valence-electron chi connectivity index (χ0n) is 9.32. The average molecular weight is 216 g/mol. The summed E-state index contributed by atoms with van der Waals surface area (Å²) in [6.07, 6.45) is 1.55. The van der Waals surface area contributed by atoms with Gasteiger partial charge in [-0.05, 0) is 24.0 Å².